The van der Waals surface area contributed by atoms with Crippen molar-refractivity contribution in [1.82, 2.24) is 14.2 Å². The normalized spacial score (nSPS) is 12.3. The molecule has 1 atom stereocenters. The monoisotopic (exact) mass is 432 g/mol. The average Bonchev–Trinajstić information content (AvgIpc) is 3.36. The van der Waals surface area contributed by atoms with Gasteiger partial charge in [0.2, 0.25) is 0 Å². The zero-order valence-electron chi connectivity index (χ0n) is 16.3. The summed E-state index contributed by atoms with van der Waals surface area (Å²) in [6.07, 6.45) is 1.27. The zero-order valence-corrected chi connectivity index (χ0v) is 17.1. The van der Waals surface area contributed by atoms with Crippen LogP contribution < -0.4 is 16.7 Å². The number of carbonyl (C=O) groups excluding carboxylic acids is 1. The van der Waals surface area contributed by atoms with Crippen LogP contribution in [0.15, 0.2) is 80.3 Å². The maximum Gasteiger partial charge on any atom is 0.420 e. The van der Waals surface area contributed by atoms with Crippen molar-refractivity contribution >= 4 is 38.6 Å². The van der Waals surface area contributed by atoms with E-state index in [1.54, 1.807) is 31.2 Å². The Balaban J connectivity index is 1.52. The molecule has 154 valence electrons. The number of hydrogen-bond donors (Lipinski definition) is 1. The second-order valence-corrected chi connectivity index (χ2v) is 7.83. The highest BCUT2D eigenvalue weighted by atomic mass is 32.1. The van der Waals surface area contributed by atoms with Crippen LogP contribution >= 0.6 is 11.3 Å². The lowest BCUT2D eigenvalue weighted by Crippen LogP contribution is -2.38. The number of fused-ring (bicyclic) bond motifs is 2. The van der Waals surface area contributed by atoms with Crippen LogP contribution in [-0.2, 0) is 4.79 Å². The maximum atomic E-state index is 13.1. The summed E-state index contributed by atoms with van der Waals surface area (Å²) in [5, 5.41) is 2.30. The van der Waals surface area contributed by atoms with Crippen molar-refractivity contribution in [3.8, 4) is 11.1 Å². The van der Waals surface area contributed by atoms with E-state index in [0.717, 1.165) is 15.8 Å². The first kappa shape index (κ1) is 19.0. The molecule has 31 heavy (non-hydrogen) atoms. The summed E-state index contributed by atoms with van der Waals surface area (Å²) < 4.78 is 7.51. The summed E-state index contributed by atoms with van der Waals surface area (Å²) in [7, 11) is 0. The Labute approximate surface area is 179 Å². The number of nitrogens with zero attached hydrogens (tertiary/aromatic N) is 3. The summed E-state index contributed by atoms with van der Waals surface area (Å²) in [4.78, 5) is 43.2. The van der Waals surface area contributed by atoms with E-state index in [1.165, 1.54) is 22.2 Å². The molecule has 0 aliphatic carbocycles. The average molecular weight is 432 g/mol. The third-order valence-electron chi connectivity index (χ3n) is 5.10. The first-order valence-electron chi connectivity index (χ1n) is 9.50. The van der Waals surface area contributed by atoms with E-state index in [-0.39, 0.29) is 0 Å². The van der Waals surface area contributed by atoms with Crippen molar-refractivity contribution in [3.05, 3.63) is 87.2 Å². The van der Waals surface area contributed by atoms with Crippen LogP contribution in [0, 0.1) is 0 Å². The molecule has 9 heteroatoms. The summed E-state index contributed by atoms with van der Waals surface area (Å²) in [6, 6.07) is 15.4. The van der Waals surface area contributed by atoms with Gasteiger partial charge in [0, 0.05) is 10.9 Å². The van der Waals surface area contributed by atoms with Gasteiger partial charge in [-0.1, -0.05) is 42.5 Å². The van der Waals surface area contributed by atoms with Gasteiger partial charge in [0.25, 0.3) is 11.5 Å². The van der Waals surface area contributed by atoms with Gasteiger partial charge in [-0.05, 0) is 24.6 Å². The van der Waals surface area contributed by atoms with Crippen LogP contribution in [0.5, 0.6) is 0 Å². The molecule has 0 aliphatic rings. The lowest BCUT2D eigenvalue weighted by Gasteiger charge is -2.14. The molecule has 1 amide bonds. The minimum absolute atomic E-state index is 0.387. The van der Waals surface area contributed by atoms with Gasteiger partial charge in [-0.3, -0.25) is 19.6 Å². The maximum absolute atomic E-state index is 13.1. The number of nitrogens with one attached hydrogen (secondary N) is 1. The van der Waals surface area contributed by atoms with Crippen molar-refractivity contribution in [2.75, 3.05) is 5.43 Å². The van der Waals surface area contributed by atoms with E-state index >= 15 is 0 Å². The summed E-state index contributed by atoms with van der Waals surface area (Å²) >= 11 is 1.36. The lowest BCUT2D eigenvalue weighted by atomic mass is 10.1. The number of thiophene rings is 1. The number of aromatic nitrogens is 3. The molecule has 3 aromatic heterocycles. The first-order valence-corrected chi connectivity index (χ1v) is 10.4. The molecule has 0 spiro atoms. The van der Waals surface area contributed by atoms with E-state index in [1.807, 2.05) is 35.7 Å². The van der Waals surface area contributed by atoms with Gasteiger partial charge in [0.05, 0.1) is 10.9 Å². The molecule has 0 fully saturated rings. The predicted molar refractivity (Wildman–Crippen MR) is 119 cm³/mol. The minimum Gasteiger partial charge on any atom is -0.408 e. The summed E-state index contributed by atoms with van der Waals surface area (Å²) in [5.74, 6) is -1.19. The largest absolute Gasteiger partial charge is 0.420 e. The number of oxazole rings is 1. The van der Waals surface area contributed by atoms with Crippen LogP contribution in [0.25, 0.3) is 32.4 Å². The lowest BCUT2D eigenvalue weighted by molar-refractivity contribution is -0.119. The highest BCUT2D eigenvalue weighted by molar-refractivity contribution is 7.17. The third-order valence-corrected chi connectivity index (χ3v) is 5.98. The standard InChI is InChI=1S/C22H16N4O4S/c1-13(26-16-9-5-6-10-17(16)30-22(26)29)19(27)24-25-12-23-20-18(21(25)28)15(11-31-20)14-7-3-2-4-8-14/h2-13H,1H3,(H,24,27). The fraction of sp³-hybridized carbons (Fsp3) is 0.0909. The van der Waals surface area contributed by atoms with E-state index in [9.17, 15) is 14.4 Å². The van der Waals surface area contributed by atoms with Crippen molar-refractivity contribution < 1.29 is 9.21 Å². The molecule has 5 aromatic rings. The SMILES string of the molecule is CC(C(=O)Nn1cnc2scc(-c3ccccc3)c2c1=O)n1c(=O)oc2ccccc21. The van der Waals surface area contributed by atoms with Crippen LogP contribution in [-0.4, -0.2) is 20.1 Å². The molecule has 5 rings (SSSR count). The van der Waals surface area contributed by atoms with Gasteiger partial charge >= 0.3 is 5.76 Å². The Morgan fingerprint density at radius 2 is 1.84 bits per heavy atom. The number of amides is 1. The van der Waals surface area contributed by atoms with Gasteiger partial charge in [-0.15, -0.1) is 11.3 Å². The number of para-hydroxylation sites is 2. The van der Waals surface area contributed by atoms with Gasteiger partial charge in [-0.2, -0.15) is 0 Å². The van der Waals surface area contributed by atoms with Crippen molar-refractivity contribution in [2.45, 2.75) is 13.0 Å². The quantitative estimate of drug-likeness (QED) is 0.469. The van der Waals surface area contributed by atoms with Gasteiger partial charge in [-0.25, -0.2) is 14.5 Å². The van der Waals surface area contributed by atoms with E-state index < -0.39 is 23.3 Å². The van der Waals surface area contributed by atoms with E-state index in [0.29, 0.717) is 21.3 Å². The summed E-state index contributed by atoms with van der Waals surface area (Å²) in [6.45, 7) is 1.57. The van der Waals surface area contributed by atoms with E-state index in [2.05, 4.69) is 10.4 Å². The molecule has 8 nitrogen and oxygen atoms in total. The highest BCUT2D eigenvalue weighted by Crippen LogP contribution is 2.30. The zero-order chi connectivity index (χ0) is 21.5. The topological polar surface area (TPSA) is 99.1 Å². The first-order chi connectivity index (χ1) is 15.0. The second-order valence-electron chi connectivity index (χ2n) is 6.97. The molecule has 0 aliphatic heterocycles. The smallest absolute Gasteiger partial charge is 0.408 e. The fourth-order valence-corrected chi connectivity index (χ4v) is 4.43. The van der Waals surface area contributed by atoms with Crippen LogP contribution in [0.4, 0.5) is 0 Å². The number of hydrogen-bond acceptors (Lipinski definition) is 6. The van der Waals surface area contributed by atoms with Gasteiger partial charge in [0.15, 0.2) is 5.58 Å². The fourth-order valence-electron chi connectivity index (χ4n) is 3.52. The van der Waals surface area contributed by atoms with Gasteiger partial charge < -0.3 is 4.42 Å². The Kier molecular flexibility index (Phi) is 4.52. The Morgan fingerprint density at radius 1 is 1.10 bits per heavy atom. The molecule has 0 saturated heterocycles. The Morgan fingerprint density at radius 3 is 2.65 bits per heavy atom. The molecule has 3 heterocycles. The van der Waals surface area contributed by atoms with Crippen molar-refractivity contribution in [1.29, 1.82) is 0 Å². The second kappa shape index (κ2) is 7.37. The van der Waals surface area contributed by atoms with Gasteiger partial charge in [0.1, 0.15) is 17.2 Å². The molecule has 1 N–H and O–H groups in total. The van der Waals surface area contributed by atoms with Crippen LogP contribution in [0.2, 0.25) is 0 Å². The Bertz CT molecular complexity index is 1540. The highest BCUT2D eigenvalue weighted by Gasteiger charge is 2.22. The number of rotatable bonds is 4. The van der Waals surface area contributed by atoms with Crippen molar-refractivity contribution in [3.63, 3.8) is 0 Å². The third kappa shape index (κ3) is 3.15. The molecule has 2 aromatic carbocycles. The molecule has 0 bridgehead atoms. The summed E-state index contributed by atoms with van der Waals surface area (Å²) in [5.41, 5.74) is 4.70. The molecular weight excluding hydrogens is 416 g/mol. The Hall–Kier alpha value is -3.98. The molecule has 0 saturated carbocycles. The number of carbonyl (C=O) groups is 1. The van der Waals surface area contributed by atoms with Crippen LogP contribution in [0.3, 0.4) is 0 Å². The minimum atomic E-state index is -0.908. The van der Waals surface area contributed by atoms with E-state index in [4.69, 9.17) is 4.42 Å². The van der Waals surface area contributed by atoms with Crippen LogP contribution in [0.1, 0.15) is 13.0 Å². The molecule has 0 radical (unpaired) electrons. The molecular formula is C22H16N4O4S. The molecule has 1 unspecified atom stereocenters. The van der Waals surface area contributed by atoms with Crippen molar-refractivity contribution in [2.24, 2.45) is 0 Å². The predicted octanol–water partition coefficient (Wildman–Crippen LogP) is 3.36. The number of benzene rings is 2.